The number of carbonyl (C=O) groups excluding carboxylic acids is 1. The number of amides is 1. The number of piperidine rings is 1. The van der Waals surface area contributed by atoms with E-state index in [9.17, 15) is 9.59 Å². The molecule has 0 saturated carbocycles. The summed E-state index contributed by atoms with van der Waals surface area (Å²) in [7, 11) is 0. The Hall–Kier alpha value is -2.38. The lowest BCUT2D eigenvalue weighted by Gasteiger charge is -2.43. The van der Waals surface area contributed by atoms with Gasteiger partial charge in [-0.3, -0.25) is 19.4 Å². The zero-order chi connectivity index (χ0) is 19.1. The van der Waals surface area contributed by atoms with Crippen LogP contribution in [0, 0.1) is 5.92 Å². The SMILES string of the molecule is O=C1CN(Cc2ccc3n(c2=O)C[C@H]2C[C@@H]3CN(Cc3ccoc3)C2)CCN1. The predicted octanol–water partition coefficient (Wildman–Crippen LogP) is 0.992. The molecule has 5 heterocycles. The number of furan rings is 1. The van der Waals surface area contributed by atoms with Gasteiger partial charge in [0.05, 0.1) is 19.1 Å². The number of nitrogens with zero attached hydrogens (tertiary/aromatic N) is 3. The van der Waals surface area contributed by atoms with Crippen molar-refractivity contribution < 1.29 is 9.21 Å². The Morgan fingerprint density at radius 3 is 2.82 bits per heavy atom. The molecule has 2 bridgehead atoms. The molecule has 5 rings (SSSR count). The van der Waals surface area contributed by atoms with Crippen molar-refractivity contribution in [2.75, 3.05) is 32.7 Å². The van der Waals surface area contributed by atoms with E-state index < -0.39 is 0 Å². The molecular weight excluding hydrogens is 356 g/mol. The number of carbonyl (C=O) groups is 1. The first-order valence-electron chi connectivity index (χ1n) is 10.1. The van der Waals surface area contributed by atoms with Gasteiger partial charge in [0.2, 0.25) is 5.91 Å². The summed E-state index contributed by atoms with van der Waals surface area (Å²) in [5.74, 6) is 0.949. The molecule has 1 amide bonds. The third kappa shape index (κ3) is 3.40. The minimum Gasteiger partial charge on any atom is -0.472 e. The Labute approximate surface area is 163 Å². The molecule has 2 aromatic rings. The number of rotatable bonds is 4. The van der Waals surface area contributed by atoms with Crippen LogP contribution in [0.2, 0.25) is 0 Å². The molecule has 1 N–H and O–H groups in total. The molecule has 28 heavy (non-hydrogen) atoms. The first-order valence-corrected chi connectivity index (χ1v) is 10.1. The van der Waals surface area contributed by atoms with Gasteiger partial charge >= 0.3 is 0 Å². The number of pyridine rings is 1. The van der Waals surface area contributed by atoms with Crippen molar-refractivity contribution in [3.8, 4) is 0 Å². The number of piperazine rings is 1. The number of hydrogen-bond acceptors (Lipinski definition) is 5. The van der Waals surface area contributed by atoms with Crippen molar-refractivity contribution in [1.29, 1.82) is 0 Å². The maximum atomic E-state index is 13.1. The molecule has 2 saturated heterocycles. The second kappa shape index (κ2) is 7.22. The molecule has 0 radical (unpaired) electrons. The summed E-state index contributed by atoms with van der Waals surface area (Å²) >= 11 is 0. The van der Waals surface area contributed by atoms with Crippen molar-refractivity contribution in [2.24, 2.45) is 5.92 Å². The Morgan fingerprint density at radius 2 is 2.00 bits per heavy atom. The number of nitrogens with one attached hydrogen (secondary N) is 1. The summed E-state index contributed by atoms with van der Waals surface area (Å²) in [5.41, 5.74) is 3.30. The molecule has 3 aliphatic rings. The first-order chi connectivity index (χ1) is 13.7. The smallest absolute Gasteiger partial charge is 0.255 e. The third-order valence-electron chi connectivity index (χ3n) is 6.26. The lowest BCUT2D eigenvalue weighted by atomic mass is 9.83. The van der Waals surface area contributed by atoms with Crippen molar-refractivity contribution in [3.05, 3.63) is 57.9 Å². The van der Waals surface area contributed by atoms with Crippen LogP contribution in [0.1, 0.15) is 29.2 Å². The maximum Gasteiger partial charge on any atom is 0.255 e. The van der Waals surface area contributed by atoms with Crippen molar-refractivity contribution >= 4 is 5.91 Å². The average Bonchev–Trinajstić information content (AvgIpc) is 3.17. The molecule has 2 fully saturated rings. The number of aromatic nitrogens is 1. The highest BCUT2D eigenvalue weighted by Gasteiger charge is 2.35. The highest BCUT2D eigenvalue weighted by Crippen LogP contribution is 2.35. The second-order valence-corrected chi connectivity index (χ2v) is 8.38. The van der Waals surface area contributed by atoms with Crippen molar-refractivity contribution in [3.63, 3.8) is 0 Å². The highest BCUT2D eigenvalue weighted by atomic mass is 16.3. The molecule has 0 aliphatic carbocycles. The van der Waals surface area contributed by atoms with Gasteiger partial charge < -0.3 is 14.3 Å². The number of fused-ring (bicyclic) bond motifs is 4. The number of hydrogen-bond donors (Lipinski definition) is 1. The largest absolute Gasteiger partial charge is 0.472 e. The van der Waals surface area contributed by atoms with Gasteiger partial charge in [0, 0.05) is 68.6 Å². The van der Waals surface area contributed by atoms with Gasteiger partial charge in [-0.25, -0.2) is 0 Å². The van der Waals surface area contributed by atoms with Crippen LogP contribution in [0.4, 0.5) is 0 Å². The van der Waals surface area contributed by atoms with E-state index >= 15 is 0 Å². The van der Waals surface area contributed by atoms with Crippen LogP contribution in [0.25, 0.3) is 0 Å². The molecule has 148 valence electrons. The first kappa shape index (κ1) is 17.7. The topological polar surface area (TPSA) is 70.7 Å². The van der Waals surface area contributed by atoms with Gasteiger partial charge in [0.1, 0.15) is 0 Å². The summed E-state index contributed by atoms with van der Waals surface area (Å²) in [4.78, 5) is 29.3. The molecule has 7 heteroatoms. The zero-order valence-corrected chi connectivity index (χ0v) is 16.0. The van der Waals surface area contributed by atoms with Gasteiger partial charge in [0.25, 0.3) is 5.56 Å². The van der Waals surface area contributed by atoms with Crippen LogP contribution in [-0.2, 0) is 24.4 Å². The van der Waals surface area contributed by atoms with Gasteiger partial charge in [-0.2, -0.15) is 0 Å². The monoisotopic (exact) mass is 382 g/mol. The second-order valence-electron chi connectivity index (χ2n) is 8.38. The van der Waals surface area contributed by atoms with Crippen LogP contribution in [0.5, 0.6) is 0 Å². The minimum atomic E-state index is 0.0385. The van der Waals surface area contributed by atoms with E-state index in [1.165, 1.54) is 11.3 Å². The third-order valence-corrected chi connectivity index (χ3v) is 6.26. The fourth-order valence-corrected chi connectivity index (χ4v) is 5.05. The lowest BCUT2D eigenvalue weighted by Crippen LogP contribution is -2.49. The van der Waals surface area contributed by atoms with Gasteiger partial charge in [-0.15, -0.1) is 0 Å². The summed E-state index contributed by atoms with van der Waals surface area (Å²) in [6.45, 7) is 6.06. The van der Waals surface area contributed by atoms with E-state index in [1.807, 2.05) is 23.0 Å². The maximum absolute atomic E-state index is 13.1. The van der Waals surface area contributed by atoms with Crippen molar-refractivity contribution in [2.45, 2.75) is 32.0 Å². The summed E-state index contributed by atoms with van der Waals surface area (Å²) in [6.07, 6.45) is 4.70. The van der Waals surface area contributed by atoms with Crippen LogP contribution < -0.4 is 10.9 Å². The lowest BCUT2D eigenvalue weighted by molar-refractivity contribution is -0.124. The summed E-state index contributed by atoms with van der Waals surface area (Å²) in [6, 6.07) is 6.15. The van der Waals surface area contributed by atoms with Gasteiger partial charge in [0.15, 0.2) is 0 Å². The fourth-order valence-electron chi connectivity index (χ4n) is 5.05. The van der Waals surface area contributed by atoms with Crippen molar-refractivity contribution in [1.82, 2.24) is 19.7 Å². The van der Waals surface area contributed by atoms with Gasteiger partial charge in [-0.1, -0.05) is 6.07 Å². The van der Waals surface area contributed by atoms with Crippen LogP contribution in [0.3, 0.4) is 0 Å². The molecule has 7 nitrogen and oxygen atoms in total. The molecule has 3 aliphatic heterocycles. The van der Waals surface area contributed by atoms with Crippen LogP contribution >= 0.6 is 0 Å². The van der Waals surface area contributed by atoms with E-state index in [1.54, 1.807) is 6.26 Å². The Bertz CT molecular complexity index is 920. The molecule has 2 atom stereocenters. The van der Waals surface area contributed by atoms with E-state index in [0.717, 1.165) is 44.7 Å². The summed E-state index contributed by atoms with van der Waals surface area (Å²) in [5, 5.41) is 2.83. The standard InChI is InChI=1S/C21H26N4O3/c26-20-13-23(5-4-22-20)11-17-1-2-19-18-7-16(10-25(19)21(17)27)9-24(12-18)8-15-3-6-28-14-15/h1-3,6,14,16,18H,4-5,7-13H2,(H,22,26)/t16-,18+/m0/s1. The normalized spacial score (nSPS) is 25.4. The van der Waals surface area contributed by atoms with E-state index in [2.05, 4.69) is 21.2 Å². The Balaban J connectivity index is 1.35. The number of likely N-dealkylation sites (tertiary alicyclic amines) is 1. The highest BCUT2D eigenvalue weighted by molar-refractivity contribution is 5.78. The Kier molecular flexibility index (Phi) is 4.56. The fraction of sp³-hybridized carbons (Fsp3) is 0.524. The molecule has 0 spiro atoms. The zero-order valence-electron chi connectivity index (χ0n) is 16.0. The average molecular weight is 382 g/mol. The molecule has 0 aromatic carbocycles. The molecule has 0 unspecified atom stereocenters. The molecule has 2 aromatic heterocycles. The van der Waals surface area contributed by atoms with E-state index in [4.69, 9.17) is 4.42 Å². The summed E-state index contributed by atoms with van der Waals surface area (Å²) < 4.78 is 7.21. The van der Waals surface area contributed by atoms with Gasteiger partial charge in [-0.05, 0) is 24.5 Å². The quantitative estimate of drug-likeness (QED) is 0.854. The molecular formula is C21H26N4O3. The van der Waals surface area contributed by atoms with Crippen LogP contribution in [-0.4, -0.2) is 53.0 Å². The van der Waals surface area contributed by atoms with Crippen LogP contribution in [0.15, 0.2) is 39.9 Å². The Morgan fingerprint density at radius 1 is 1.07 bits per heavy atom. The van der Waals surface area contributed by atoms with E-state index in [0.29, 0.717) is 31.5 Å². The predicted molar refractivity (Wildman–Crippen MR) is 104 cm³/mol. The van der Waals surface area contributed by atoms with E-state index in [-0.39, 0.29) is 11.5 Å². The minimum absolute atomic E-state index is 0.0385.